The number of thiazole rings is 1. The molecule has 0 aliphatic rings. The predicted molar refractivity (Wildman–Crippen MR) is 61.4 cm³/mol. The Kier molecular flexibility index (Phi) is 4.65. The largest absolute Gasteiger partial charge is 0.308 e. The van der Waals surface area contributed by atoms with E-state index in [9.17, 15) is 8.42 Å². The van der Waals surface area contributed by atoms with Crippen LogP contribution in [0.4, 0.5) is 0 Å². The highest BCUT2D eigenvalue weighted by Crippen LogP contribution is 2.15. The zero-order valence-electron chi connectivity index (χ0n) is 8.73. The molecule has 1 aromatic heterocycles. The van der Waals surface area contributed by atoms with Crippen LogP contribution < -0.4 is 10.0 Å². The van der Waals surface area contributed by atoms with Crippen molar-refractivity contribution >= 4 is 21.4 Å². The fourth-order valence-electron chi connectivity index (χ4n) is 1.05. The number of hydrogen-bond acceptors (Lipinski definition) is 5. The Morgan fingerprint density at radius 3 is 2.87 bits per heavy atom. The van der Waals surface area contributed by atoms with Crippen molar-refractivity contribution in [2.24, 2.45) is 0 Å². The molecule has 0 amide bonds. The lowest BCUT2D eigenvalue weighted by molar-refractivity contribution is 0.569. The molecule has 86 valence electrons. The van der Waals surface area contributed by atoms with Gasteiger partial charge in [-0.3, -0.25) is 4.98 Å². The molecule has 0 spiro atoms. The van der Waals surface area contributed by atoms with Crippen LogP contribution in [0.1, 0.15) is 17.8 Å². The van der Waals surface area contributed by atoms with Crippen molar-refractivity contribution in [3.05, 3.63) is 16.6 Å². The van der Waals surface area contributed by atoms with Gasteiger partial charge in [0.25, 0.3) is 0 Å². The number of aromatic nitrogens is 1. The van der Waals surface area contributed by atoms with Crippen molar-refractivity contribution in [3.63, 3.8) is 0 Å². The summed E-state index contributed by atoms with van der Waals surface area (Å²) < 4.78 is 24.5. The van der Waals surface area contributed by atoms with E-state index >= 15 is 0 Å². The summed E-state index contributed by atoms with van der Waals surface area (Å²) in [4.78, 5) is 5.07. The van der Waals surface area contributed by atoms with Gasteiger partial charge in [0.2, 0.25) is 10.0 Å². The van der Waals surface area contributed by atoms with Crippen molar-refractivity contribution in [1.82, 2.24) is 15.0 Å². The second kappa shape index (κ2) is 5.55. The van der Waals surface area contributed by atoms with E-state index < -0.39 is 10.0 Å². The van der Waals surface area contributed by atoms with Crippen molar-refractivity contribution < 1.29 is 8.42 Å². The highest BCUT2D eigenvalue weighted by atomic mass is 32.2. The molecule has 7 heteroatoms. The number of rotatable bonds is 6. The molecular weight excluding hydrogens is 234 g/mol. The van der Waals surface area contributed by atoms with Crippen molar-refractivity contribution in [3.8, 4) is 0 Å². The average Bonchev–Trinajstić information content (AvgIpc) is 2.70. The van der Waals surface area contributed by atoms with Crippen LogP contribution in [0.5, 0.6) is 0 Å². The van der Waals surface area contributed by atoms with E-state index in [-0.39, 0.29) is 11.8 Å². The van der Waals surface area contributed by atoms with Gasteiger partial charge in [-0.25, -0.2) is 13.1 Å². The lowest BCUT2D eigenvalue weighted by Crippen LogP contribution is -2.30. The minimum Gasteiger partial charge on any atom is -0.308 e. The first-order valence-corrected chi connectivity index (χ1v) is 7.11. The van der Waals surface area contributed by atoms with E-state index in [0.29, 0.717) is 6.54 Å². The molecule has 1 aromatic rings. The first-order chi connectivity index (χ1) is 7.05. The third-order valence-corrected chi connectivity index (χ3v) is 4.33. The molecule has 15 heavy (non-hydrogen) atoms. The second-order valence-electron chi connectivity index (χ2n) is 3.10. The van der Waals surface area contributed by atoms with Gasteiger partial charge in [0.1, 0.15) is 0 Å². The van der Waals surface area contributed by atoms with E-state index in [0.717, 1.165) is 4.88 Å². The molecule has 1 rings (SSSR count). The molecule has 2 N–H and O–H groups in total. The van der Waals surface area contributed by atoms with Gasteiger partial charge in [0.05, 0.1) is 11.3 Å². The maximum Gasteiger partial charge on any atom is 0.212 e. The molecule has 0 radical (unpaired) electrons. The molecular formula is C8H15N3O2S2. The minimum absolute atomic E-state index is 0.0899. The van der Waals surface area contributed by atoms with Crippen LogP contribution in [0.25, 0.3) is 0 Å². The average molecular weight is 249 g/mol. The molecule has 1 atom stereocenters. The van der Waals surface area contributed by atoms with Gasteiger partial charge in [-0.1, -0.05) is 0 Å². The zero-order valence-corrected chi connectivity index (χ0v) is 10.4. The van der Waals surface area contributed by atoms with E-state index in [4.69, 9.17) is 0 Å². The lowest BCUT2D eigenvalue weighted by Gasteiger charge is -2.11. The third kappa shape index (κ3) is 4.25. The second-order valence-corrected chi connectivity index (χ2v) is 6.07. The van der Waals surface area contributed by atoms with E-state index in [1.165, 1.54) is 7.05 Å². The first-order valence-electron chi connectivity index (χ1n) is 4.58. The van der Waals surface area contributed by atoms with Gasteiger partial charge in [0, 0.05) is 23.7 Å². The fourth-order valence-corrected chi connectivity index (χ4v) is 2.30. The molecule has 5 nitrogen and oxygen atoms in total. The van der Waals surface area contributed by atoms with Crippen LogP contribution in [0.15, 0.2) is 11.7 Å². The number of hydrogen-bond donors (Lipinski definition) is 2. The Bertz CT molecular complexity index is 375. The standard InChI is InChI=1S/C8H15N3O2S2/c1-7(8-5-10-6-14-8)11-3-4-15(12,13)9-2/h5-7,9,11H,3-4H2,1-2H3. The fraction of sp³-hybridized carbons (Fsp3) is 0.625. The van der Waals surface area contributed by atoms with Crippen molar-refractivity contribution in [1.29, 1.82) is 0 Å². The maximum atomic E-state index is 11.1. The predicted octanol–water partition coefficient (Wildman–Crippen LogP) is 0.343. The maximum absolute atomic E-state index is 11.1. The molecule has 0 bridgehead atoms. The Balaban J connectivity index is 2.33. The van der Waals surface area contributed by atoms with Gasteiger partial charge < -0.3 is 5.32 Å². The molecule has 0 aromatic carbocycles. The smallest absolute Gasteiger partial charge is 0.212 e. The third-order valence-electron chi connectivity index (χ3n) is 2.01. The number of sulfonamides is 1. The van der Waals surface area contributed by atoms with Gasteiger partial charge in [0.15, 0.2) is 0 Å². The summed E-state index contributed by atoms with van der Waals surface area (Å²) in [5, 5.41) is 3.13. The Hall–Kier alpha value is -0.500. The van der Waals surface area contributed by atoms with Gasteiger partial charge in [-0.05, 0) is 14.0 Å². The Morgan fingerprint density at radius 2 is 2.33 bits per heavy atom. The van der Waals surface area contributed by atoms with Gasteiger partial charge >= 0.3 is 0 Å². The summed E-state index contributed by atoms with van der Waals surface area (Å²) in [6, 6.07) is 0.143. The van der Waals surface area contributed by atoms with Gasteiger partial charge in [-0.2, -0.15) is 0 Å². The van der Waals surface area contributed by atoms with Crippen LogP contribution in [0, 0.1) is 0 Å². The molecule has 0 saturated carbocycles. The summed E-state index contributed by atoms with van der Waals surface area (Å²) in [6.45, 7) is 2.42. The van der Waals surface area contributed by atoms with Crippen LogP contribution in [-0.4, -0.2) is 32.7 Å². The van der Waals surface area contributed by atoms with Crippen LogP contribution in [0.3, 0.4) is 0 Å². The summed E-state index contributed by atoms with van der Waals surface area (Å²) in [7, 11) is -1.69. The first kappa shape index (κ1) is 12.6. The highest BCUT2D eigenvalue weighted by Gasteiger charge is 2.09. The summed E-state index contributed by atoms with van der Waals surface area (Å²) in [6.07, 6.45) is 1.79. The monoisotopic (exact) mass is 249 g/mol. The van der Waals surface area contributed by atoms with Gasteiger partial charge in [-0.15, -0.1) is 11.3 Å². The summed E-state index contributed by atoms with van der Waals surface area (Å²) in [5.74, 6) is 0.0899. The number of nitrogens with one attached hydrogen (secondary N) is 2. The Labute approximate surface area is 94.0 Å². The quantitative estimate of drug-likeness (QED) is 0.763. The molecule has 0 aliphatic heterocycles. The topological polar surface area (TPSA) is 71.1 Å². The molecule has 0 saturated heterocycles. The lowest BCUT2D eigenvalue weighted by atomic mass is 10.3. The summed E-state index contributed by atoms with van der Waals surface area (Å²) in [5.41, 5.74) is 1.76. The van der Waals surface area contributed by atoms with E-state index in [2.05, 4.69) is 15.0 Å². The van der Waals surface area contributed by atoms with Crippen LogP contribution in [0.2, 0.25) is 0 Å². The molecule has 1 heterocycles. The van der Waals surface area contributed by atoms with E-state index in [1.807, 2.05) is 6.92 Å². The molecule has 0 aliphatic carbocycles. The molecule has 1 unspecified atom stereocenters. The minimum atomic E-state index is -3.11. The van der Waals surface area contributed by atoms with E-state index in [1.54, 1.807) is 23.0 Å². The van der Waals surface area contributed by atoms with Crippen molar-refractivity contribution in [2.45, 2.75) is 13.0 Å². The highest BCUT2D eigenvalue weighted by molar-refractivity contribution is 7.89. The van der Waals surface area contributed by atoms with Crippen LogP contribution in [-0.2, 0) is 10.0 Å². The zero-order chi connectivity index (χ0) is 11.3. The number of nitrogens with zero attached hydrogens (tertiary/aromatic N) is 1. The molecule has 0 fully saturated rings. The van der Waals surface area contributed by atoms with Crippen LogP contribution >= 0.6 is 11.3 Å². The normalized spacial score (nSPS) is 14.0. The van der Waals surface area contributed by atoms with Crippen molar-refractivity contribution in [2.75, 3.05) is 19.3 Å². The summed E-state index contributed by atoms with van der Waals surface area (Å²) >= 11 is 1.56. The SMILES string of the molecule is CNS(=O)(=O)CCNC(C)c1cncs1. The Morgan fingerprint density at radius 1 is 1.60 bits per heavy atom.